The Hall–Kier alpha value is -2.29. The summed E-state index contributed by atoms with van der Waals surface area (Å²) in [6, 6.07) is 7.49. The minimum atomic E-state index is -0.0981. The summed E-state index contributed by atoms with van der Waals surface area (Å²) in [4.78, 5) is 19.6. The molecular formula is C19H25ClN6O2. The molecule has 2 aromatic heterocycles. The highest BCUT2D eigenvalue weighted by Gasteiger charge is 2.26. The van der Waals surface area contributed by atoms with E-state index in [0.29, 0.717) is 35.3 Å². The summed E-state index contributed by atoms with van der Waals surface area (Å²) in [7, 11) is 2.05. The van der Waals surface area contributed by atoms with E-state index in [1.165, 1.54) is 4.68 Å². The Kier molecular flexibility index (Phi) is 6.12. The number of rotatable bonds is 4. The number of piperazine rings is 1. The van der Waals surface area contributed by atoms with Gasteiger partial charge in [-0.1, -0.05) is 37.2 Å². The molecule has 9 heteroatoms. The molecule has 1 fully saturated rings. The van der Waals surface area contributed by atoms with Crippen LogP contribution < -0.4 is 10.9 Å². The fourth-order valence-electron chi connectivity index (χ4n) is 3.42. The number of benzene rings is 1. The lowest BCUT2D eigenvalue weighted by Crippen LogP contribution is -2.44. The Labute approximate surface area is 169 Å². The average molecular weight is 405 g/mol. The first kappa shape index (κ1) is 20.4. The molecule has 3 heterocycles. The number of nitrogens with one attached hydrogen (secondary N) is 1. The van der Waals surface area contributed by atoms with Crippen LogP contribution in [0, 0.1) is 5.92 Å². The summed E-state index contributed by atoms with van der Waals surface area (Å²) < 4.78 is 7.07. The Balaban J connectivity index is 0.00000225. The maximum Gasteiger partial charge on any atom is 0.279 e. The maximum atomic E-state index is 12.8. The van der Waals surface area contributed by atoms with Gasteiger partial charge < -0.3 is 9.84 Å². The molecule has 0 radical (unpaired) electrons. The largest absolute Gasteiger partial charge is 0.332 e. The van der Waals surface area contributed by atoms with Crippen molar-refractivity contribution in [2.24, 2.45) is 5.92 Å². The highest BCUT2D eigenvalue weighted by molar-refractivity contribution is 5.91. The van der Waals surface area contributed by atoms with Crippen molar-refractivity contribution in [3.63, 3.8) is 0 Å². The number of fused-ring (bicyclic) bond motifs is 1. The van der Waals surface area contributed by atoms with Gasteiger partial charge in [-0.25, -0.2) is 4.68 Å². The van der Waals surface area contributed by atoms with E-state index in [2.05, 4.69) is 46.4 Å². The molecule has 1 saturated heterocycles. The number of hydrogen-bond acceptors (Lipinski definition) is 7. The molecule has 0 spiro atoms. The van der Waals surface area contributed by atoms with Crippen molar-refractivity contribution in [3.05, 3.63) is 40.4 Å². The van der Waals surface area contributed by atoms with Gasteiger partial charge in [0.15, 0.2) is 11.5 Å². The van der Waals surface area contributed by atoms with Crippen LogP contribution in [0.5, 0.6) is 0 Å². The molecule has 3 aromatic rings. The second-order valence-corrected chi connectivity index (χ2v) is 7.43. The minimum absolute atomic E-state index is 0. The van der Waals surface area contributed by atoms with Gasteiger partial charge in [0.25, 0.3) is 11.4 Å². The first-order valence-corrected chi connectivity index (χ1v) is 9.29. The van der Waals surface area contributed by atoms with Gasteiger partial charge in [0.05, 0.1) is 11.4 Å². The number of likely N-dealkylation sites (N-methyl/N-ethyl adjacent to an activating group) is 1. The fourth-order valence-corrected chi connectivity index (χ4v) is 3.42. The van der Waals surface area contributed by atoms with Crippen molar-refractivity contribution in [3.8, 4) is 11.6 Å². The molecule has 150 valence electrons. The van der Waals surface area contributed by atoms with Gasteiger partial charge in [0.2, 0.25) is 0 Å². The van der Waals surface area contributed by atoms with E-state index in [1.54, 1.807) is 0 Å². The molecule has 1 aliphatic heterocycles. The van der Waals surface area contributed by atoms with E-state index in [-0.39, 0.29) is 24.0 Å². The van der Waals surface area contributed by atoms with E-state index >= 15 is 0 Å². The highest BCUT2D eigenvalue weighted by atomic mass is 35.5. The van der Waals surface area contributed by atoms with Crippen LogP contribution in [0.25, 0.3) is 22.4 Å². The number of halogens is 1. The summed E-state index contributed by atoms with van der Waals surface area (Å²) in [6.07, 6.45) is 0. The minimum Gasteiger partial charge on any atom is -0.332 e. The zero-order valence-electron chi connectivity index (χ0n) is 16.3. The molecule has 1 aliphatic rings. The Morgan fingerprint density at radius 3 is 2.75 bits per heavy atom. The molecule has 1 aromatic carbocycles. The smallest absolute Gasteiger partial charge is 0.279 e. The van der Waals surface area contributed by atoms with E-state index < -0.39 is 0 Å². The van der Waals surface area contributed by atoms with Crippen LogP contribution in [-0.4, -0.2) is 51.5 Å². The van der Waals surface area contributed by atoms with Crippen molar-refractivity contribution in [1.29, 1.82) is 0 Å². The van der Waals surface area contributed by atoms with Crippen LogP contribution in [0.4, 0.5) is 0 Å². The summed E-state index contributed by atoms with van der Waals surface area (Å²) in [6.45, 7) is 7.29. The van der Waals surface area contributed by atoms with Gasteiger partial charge in [-0.3, -0.25) is 9.69 Å². The monoisotopic (exact) mass is 404 g/mol. The predicted octanol–water partition coefficient (Wildman–Crippen LogP) is 2.10. The summed E-state index contributed by atoms with van der Waals surface area (Å²) in [5.74, 6) is 1.27. The molecular weight excluding hydrogens is 380 g/mol. The van der Waals surface area contributed by atoms with Crippen molar-refractivity contribution in [2.45, 2.75) is 26.4 Å². The van der Waals surface area contributed by atoms with Crippen molar-refractivity contribution in [2.75, 3.05) is 26.7 Å². The topological polar surface area (TPSA) is 89.1 Å². The van der Waals surface area contributed by atoms with Crippen LogP contribution in [0.15, 0.2) is 33.6 Å². The highest BCUT2D eigenvalue weighted by Crippen LogP contribution is 2.26. The molecule has 1 atom stereocenters. The van der Waals surface area contributed by atoms with E-state index in [4.69, 9.17) is 4.52 Å². The van der Waals surface area contributed by atoms with Crippen molar-refractivity contribution < 1.29 is 4.52 Å². The molecule has 1 N–H and O–H groups in total. The van der Waals surface area contributed by atoms with Gasteiger partial charge in [-0.2, -0.15) is 10.1 Å². The lowest BCUT2D eigenvalue weighted by molar-refractivity contribution is 0.190. The molecule has 28 heavy (non-hydrogen) atoms. The van der Waals surface area contributed by atoms with Gasteiger partial charge >= 0.3 is 0 Å². The number of nitrogens with zero attached hydrogens (tertiary/aromatic N) is 5. The molecule has 4 rings (SSSR count). The van der Waals surface area contributed by atoms with Crippen LogP contribution in [0.2, 0.25) is 0 Å². The van der Waals surface area contributed by atoms with Crippen LogP contribution in [0.1, 0.15) is 25.7 Å². The Morgan fingerprint density at radius 1 is 1.29 bits per heavy atom. The van der Waals surface area contributed by atoms with Crippen LogP contribution >= 0.6 is 12.4 Å². The standard InChI is InChI=1S/C19H24N6O2.ClH/c1-12(2)11-25-19(26)14-7-5-4-6-13(14)16(22-25)18-21-17(23-27-18)15-10-20-8-9-24(15)3;/h4-7,12,15,20H,8-11H2,1-3H3;1H. The zero-order valence-corrected chi connectivity index (χ0v) is 17.1. The zero-order chi connectivity index (χ0) is 19.0. The van der Waals surface area contributed by atoms with Gasteiger partial charge in [0.1, 0.15) is 0 Å². The Morgan fingerprint density at radius 2 is 2.04 bits per heavy atom. The van der Waals surface area contributed by atoms with Crippen molar-refractivity contribution in [1.82, 2.24) is 30.1 Å². The first-order valence-electron chi connectivity index (χ1n) is 9.29. The quantitative estimate of drug-likeness (QED) is 0.712. The summed E-state index contributed by atoms with van der Waals surface area (Å²) >= 11 is 0. The molecule has 0 aliphatic carbocycles. The lowest BCUT2D eigenvalue weighted by atomic mass is 10.1. The number of aromatic nitrogens is 4. The van der Waals surface area contributed by atoms with Crippen LogP contribution in [-0.2, 0) is 6.54 Å². The van der Waals surface area contributed by atoms with E-state index in [1.807, 2.05) is 24.3 Å². The van der Waals surface area contributed by atoms with Crippen molar-refractivity contribution >= 4 is 23.2 Å². The average Bonchev–Trinajstić information content (AvgIpc) is 3.14. The molecule has 8 nitrogen and oxygen atoms in total. The third kappa shape index (κ3) is 3.80. The lowest BCUT2D eigenvalue weighted by Gasteiger charge is -2.30. The Bertz CT molecular complexity index is 1020. The first-order chi connectivity index (χ1) is 13.0. The second-order valence-electron chi connectivity index (χ2n) is 7.43. The predicted molar refractivity (Wildman–Crippen MR) is 110 cm³/mol. The second kappa shape index (κ2) is 8.38. The summed E-state index contributed by atoms with van der Waals surface area (Å²) in [5, 5.41) is 13.5. The van der Waals surface area contributed by atoms with Gasteiger partial charge in [-0.15, -0.1) is 12.4 Å². The molecule has 1 unspecified atom stereocenters. The maximum absolute atomic E-state index is 12.8. The molecule has 0 saturated carbocycles. The van der Waals surface area contributed by atoms with E-state index in [0.717, 1.165) is 25.0 Å². The number of hydrogen-bond donors (Lipinski definition) is 1. The third-order valence-electron chi connectivity index (χ3n) is 4.86. The fraction of sp³-hybridized carbons (Fsp3) is 0.474. The summed E-state index contributed by atoms with van der Waals surface area (Å²) in [5.41, 5.74) is 0.454. The van der Waals surface area contributed by atoms with Gasteiger partial charge in [0, 0.05) is 31.6 Å². The van der Waals surface area contributed by atoms with Gasteiger partial charge in [-0.05, 0) is 19.0 Å². The SMILES string of the molecule is CC(C)Cn1nc(-c2nc(C3CNCCN3C)no2)c2ccccc2c1=O.Cl. The molecule has 0 bridgehead atoms. The molecule has 0 amide bonds. The van der Waals surface area contributed by atoms with E-state index in [9.17, 15) is 4.79 Å². The third-order valence-corrected chi connectivity index (χ3v) is 4.86. The normalized spacial score (nSPS) is 17.8. The van der Waals surface area contributed by atoms with Crippen LogP contribution in [0.3, 0.4) is 0 Å².